The van der Waals surface area contributed by atoms with Crippen molar-refractivity contribution in [3.63, 3.8) is 0 Å². The van der Waals surface area contributed by atoms with Crippen molar-refractivity contribution in [1.29, 1.82) is 0 Å². The number of carbonyl (C=O) groups is 1. The molecule has 1 N–H and O–H groups in total. The molecule has 31 heavy (non-hydrogen) atoms. The molecule has 2 heterocycles. The van der Waals surface area contributed by atoms with Crippen LogP contribution in [0.1, 0.15) is 11.1 Å². The molecule has 7 nitrogen and oxygen atoms in total. The lowest BCUT2D eigenvalue weighted by atomic mass is 10.1. The van der Waals surface area contributed by atoms with E-state index >= 15 is 0 Å². The highest BCUT2D eigenvalue weighted by molar-refractivity contribution is 5.81. The SMILES string of the molecule is CNC(=O)[C@H]1CN(Cc2ccccc2)CCN1Cc1cccc(Oc2ncccn2)c1. The van der Waals surface area contributed by atoms with Gasteiger partial charge in [-0.3, -0.25) is 14.6 Å². The number of rotatable bonds is 7. The van der Waals surface area contributed by atoms with Gasteiger partial charge in [0.2, 0.25) is 5.91 Å². The fourth-order valence-electron chi connectivity index (χ4n) is 3.85. The number of ether oxygens (including phenoxy) is 1. The second-order valence-corrected chi connectivity index (χ2v) is 7.60. The van der Waals surface area contributed by atoms with E-state index in [0.717, 1.165) is 25.2 Å². The van der Waals surface area contributed by atoms with Gasteiger partial charge in [0.05, 0.1) is 0 Å². The van der Waals surface area contributed by atoms with E-state index in [4.69, 9.17) is 4.74 Å². The van der Waals surface area contributed by atoms with Crippen molar-refractivity contribution in [1.82, 2.24) is 25.1 Å². The average Bonchev–Trinajstić information content (AvgIpc) is 2.81. The Hall–Kier alpha value is -3.29. The topological polar surface area (TPSA) is 70.6 Å². The number of nitrogens with zero attached hydrogens (tertiary/aromatic N) is 4. The number of hydrogen-bond acceptors (Lipinski definition) is 6. The van der Waals surface area contributed by atoms with Gasteiger partial charge >= 0.3 is 6.01 Å². The van der Waals surface area contributed by atoms with E-state index in [2.05, 4.69) is 55.4 Å². The number of amides is 1. The molecule has 1 atom stereocenters. The summed E-state index contributed by atoms with van der Waals surface area (Å²) in [7, 11) is 1.70. The average molecular weight is 418 g/mol. The van der Waals surface area contributed by atoms with Crippen LogP contribution in [0.5, 0.6) is 11.8 Å². The number of benzene rings is 2. The summed E-state index contributed by atoms with van der Waals surface area (Å²) in [5.74, 6) is 0.728. The first kappa shape index (κ1) is 21.0. The molecule has 3 aromatic rings. The van der Waals surface area contributed by atoms with Gasteiger partial charge in [0.25, 0.3) is 0 Å². The van der Waals surface area contributed by atoms with Crippen LogP contribution < -0.4 is 10.1 Å². The minimum Gasteiger partial charge on any atom is -0.424 e. The Morgan fingerprint density at radius 1 is 1.00 bits per heavy atom. The number of likely N-dealkylation sites (N-methyl/N-ethyl adjacent to an activating group) is 1. The summed E-state index contributed by atoms with van der Waals surface area (Å²) in [6.07, 6.45) is 3.30. The third kappa shape index (κ3) is 5.65. The summed E-state index contributed by atoms with van der Waals surface area (Å²) in [6, 6.07) is 20.1. The predicted octanol–water partition coefficient (Wildman–Crippen LogP) is 2.70. The van der Waals surface area contributed by atoms with Crippen LogP contribution in [0.15, 0.2) is 73.1 Å². The molecular weight excluding hydrogens is 390 g/mol. The second kappa shape index (κ2) is 10.1. The third-order valence-electron chi connectivity index (χ3n) is 5.41. The van der Waals surface area contributed by atoms with Gasteiger partial charge in [-0.05, 0) is 29.3 Å². The van der Waals surface area contributed by atoms with Gasteiger partial charge in [0, 0.05) is 52.2 Å². The summed E-state index contributed by atoms with van der Waals surface area (Å²) < 4.78 is 5.76. The predicted molar refractivity (Wildman–Crippen MR) is 119 cm³/mol. The maximum absolute atomic E-state index is 12.7. The van der Waals surface area contributed by atoms with Gasteiger partial charge in [0.15, 0.2) is 0 Å². The number of piperazine rings is 1. The molecule has 2 aromatic carbocycles. The number of hydrogen-bond donors (Lipinski definition) is 1. The maximum Gasteiger partial charge on any atom is 0.321 e. The van der Waals surface area contributed by atoms with E-state index in [9.17, 15) is 4.79 Å². The van der Waals surface area contributed by atoms with E-state index < -0.39 is 0 Å². The van der Waals surface area contributed by atoms with E-state index in [1.807, 2.05) is 24.3 Å². The van der Waals surface area contributed by atoms with Crippen molar-refractivity contribution in [2.45, 2.75) is 19.1 Å². The second-order valence-electron chi connectivity index (χ2n) is 7.60. The van der Waals surface area contributed by atoms with Gasteiger partial charge in [0.1, 0.15) is 11.8 Å². The van der Waals surface area contributed by atoms with Crippen molar-refractivity contribution in [2.24, 2.45) is 0 Å². The van der Waals surface area contributed by atoms with E-state index in [0.29, 0.717) is 24.8 Å². The summed E-state index contributed by atoms with van der Waals surface area (Å²) in [4.78, 5) is 25.4. The highest BCUT2D eigenvalue weighted by atomic mass is 16.5. The monoisotopic (exact) mass is 417 g/mol. The first-order valence-electron chi connectivity index (χ1n) is 10.5. The smallest absolute Gasteiger partial charge is 0.321 e. The molecule has 160 valence electrons. The number of aromatic nitrogens is 2. The molecule has 1 aliphatic rings. The number of nitrogens with one attached hydrogen (secondary N) is 1. The quantitative estimate of drug-likeness (QED) is 0.637. The maximum atomic E-state index is 12.7. The summed E-state index contributed by atoms with van der Waals surface area (Å²) in [5.41, 5.74) is 2.35. The van der Waals surface area contributed by atoms with Crippen molar-refractivity contribution in [3.8, 4) is 11.8 Å². The number of carbonyl (C=O) groups excluding carboxylic acids is 1. The van der Waals surface area contributed by atoms with Crippen LogP contribution in [-0.4, -0.2) is 58.4 Å². The van der Waals surface area contributed by atoms with Gasteiger partial charge < -0.3 is 10.1 Å². The molecule has 0 aliphatic carbocycles. The Labute approximate surface area is 182 Å². The molecule has 1 amide bonds. The van der Waals surface area contributed by atoms with Gasteiger partial charge in [-0.15, -0.1) is 0 Å². The molecule has 1 aliphatic heterocycles. The molecule has 1 fully saturated rings. The van der Waals surface area contributed by atoms with Gasteiger partial charge in [-0.25, -0.2) is 9.97 Å². The molecule has 7 heteroatoms. The Morgan fingerprint density at radius 2 is 1.77 bits per heavy atom. The summed E-state index contributed by atoms with van der Waals surface area (Å²) in [6.45, 7) is 3.95. The first-order valence-corrected chi connectivity index (χ1v) is 10.5. The zero-order valence-corrected chi connectivity index (χ0v) is 17.6. The van der Waals surface area contributed by atoms with Crippen molar-refractivity contribution >= 4 is 5.91 Å². The summed E-state index contributed by atoms with van der Waals surface area (Å²) in [5, 5.41) is 2.83. The highest BCUT2D eigenvalue weighted by Crippen LogP contribution is 2.22. The standard InChI is InChI=1S/C24H27N5O2/c1-25-23(30)22-18-28(16-19-7-3-2-4-8-19)13-14-29(22)17-20-9-5-10-21(15-20)31-24-26-11-6-12-27-24/h2-12,15,22H,13-14,16-18H2,1H3,(H,25,30)/t22-/m1/s1. The Kier molecular flexibility index (Phi) is 6.86. The van der Waals surface area contributed by atoms with Crippen LogP contribution >= 0.6 is 0 Å². The van der Waals surface area contributed by atoms with Crippen LogP contribution in [-0.2, 0) is 17.9 Å². The third-order valence-corrected chi connectivity index (χ3v) is 5.41. The zero-order valence-electron chi connectivity index (χ0n) is 17.6. The molecule has 0 unspecified atom stereocenters. The Morgan fingerprint density at radius 3 is 2.55 bits per heavy atom. The molecule has 0 saturated carbocycles. The highest BCUT2D eigenvalue weighted by Gasteiger charge is 2.31. The Bertz CT molecular complexity index is 984. The van der Waals surface area contributed by atoms with Crippen LogP contribution in [0.2, 0.25) is 0 Å². The van der Waals surface area contributed by atoms with Crippen molar-refractivity contribution in [2.75, 3.05) is 26.7 Å². The zero-order chi connectivity index (χ0) is 21.5. The van der Waals surface area contributed by atoms with E-state index in [1.165, 1.54) is 5.56 Å². The molecule has 1 aromatic heterocycles. The van der Waals surface area contributed by atoms with Crippen LogP contribution in [0.25, 0.3) is 0 Å². The van der Waals surface area contributed by atoms with Crippen LogP contribution in [0.4, 0.5) is 0 Å². The Balaban J connectivity index is 1.43. The van der Waals surface area contributed by atoms with Crippen molar-refractivity contribution < 1.29 is 9.53 Å². The van der Waals surface area contributed by atoms with Crippen LogP contribution in [0, 0.1) is 0 Å². The molecule has 0 spiro atoms. The first-order chi connectivity index (χ1) is 15.2. The normalized spacial score (nSPS) is 17.3. The lowest BCUT2D eigenvalue weighted by molar-refractivity contribution is -0.128. The minimum absolute atomic E-state index is 0.0443. The molecule has 0 radical (unpaired) electrons. The lowest BCUT2D eigenvalue weighted by Gasteiger charge is -2.40. The van der Waals surface area contributed by atoms with Gasteiger partial charge in [-0.1, -0.05) is 42.5 Å². The summed E-state index contributed by atoms with van der Waals surface area (Å²) >= 11 is 0. The molecular formula is C24H27N5O2. The molecule has 1 saturated heterocycles. The van der Waals surface area contributed by atoms with Crippen LogP contribution in [0.3, 0.4) is 0 Å². The van der Waals surface area contributed by atoms with Gasteiger partial charge in [-0.2, -0.15) is 0 Å². The van der Waals surface area contributed by atoms with E-state index in [1.54, 1.807) is 25.5 Å². The molecule has 0 bridgehead atoms. The largest absolute Gasteiger partial charge is 0.424 e. The minimum atomic E-state index is -0.204. The van der Waals surface area contributed by atoms with Crippen molar-refractivity contribution in [3.05, 3.63) is 84.2 Å². The molecule has 4 rings (SSSR count). The fraction of sp³-hybridized carbons (Fsp3) is 0.292. The lowest BCUT2D eigenvalue weighted by Crippen LogP contribution is -2.57. The fourth-order valence-corrected chi connectivity index (χ4v) is 3.85. The van der Waals surface area contributed by atoms with E-state index in [-0.39, 0.29) is 11.9 Å².